The van der Waals surface area contributed by atoms with Crippen molar-refractivity contribution < 1.29 is 10.2 Å². The van der Waals surface area contributed by atoms with Gasteiger partial charge in [-0.3, -0.25) is 4.68 Å². The van der Waals surface area contributed by atoms with Crippen LogP contribution in [0.4, 0.5) is 0 Å². The van der Waals surface area contributed by atoms with Crippen LogP contribution in [0, 0.1) is 19.8 Å². The van der Waals surface area contributed by atoms with Crippen molar-refractivity contribution in [2.45, 2.75) is 52.8 Å². The first-order chi connectivity index (χ1) is 11.0. The Morgan fingerprint density at radius 2 is 2.00 bits per heavy atom. The van der Waals surface area contributed by atoms with Crippen LogP contribution in [-0.4, -0.2) is 63.8 Å². The molecule has 1 unspecified atom stereocenters. The summed E-state index contributed by atoms with van der Waals surface area (Å²) in [5.41, 5.74) is 3.45. The van der Waals surface area contributed by atoms with Crippen LogP contribution in [0.15, 0.2) is 0 Å². The molecular formula is C17H32N4O2. The standard InChI is InChI=1S/C17H32N4O2/c1-13(23)12-20-6-4-16(5-7-20)10-18-11-17-14(2)19-21(8-9-22)15(17)3/h13,16,18,22-23H,4-12H2,1-3H3. The lowest BCUT2D eigenvalue weighted by molar-refractivity contribution is 0.0998. The molecule has 0 aromatic carbocycles. The smallest absolute Gasteiger partial charge is 0.0644 e. The predicted octanol–water partition coefficient (Wildman–Crippen LogP) is 0.675. The largest absolute Gasteiger partial charge is 0.394 e. The lowest BCUT2D eigenvalue weighted by Crippen LogP contribution is -2.40. The molecule has 1 aliphatic heterocycles. The predicted molar refractivity (Wildman–Crippen MR) is 91.3 cm³/mol. The number of aliphatic hydroxyl groups excluding tert-OH is 2. The van der Waals surface area contributed by atoms with Crippen LogP contribution in [0.1, 0.15) is 36.7 Å². The van der Waals surface area contributed by atoms with Crippen LogP contribution in [0.2, 0.25) is 0 Å². The first-order valence-electron chi connectivity index (χ1n) is 8.76. The van der Waals surface area contributed by atoms with Crippen LogP contribution in [-0.2, 0) is 13.1 Å². The number of nitrogens with one attached hydrogen (secondary N) is 1. The topological polar surface area (TPSA) is 73.5 Å². The Balaban J connectivity index is 1.74. The minimum Gasteiger partial charge on any atom is -0.394 e. The fourth-order valence-electron chi connectivity index (χ4n) is 3.45. The molecular weight excluding hydrogens is 292 g/mol. The molecule has 132 valence electrons. The van der Waals surface area contributed by atoms with E-state index in [-0.39, 0.29) is 12.7 Å². The number of aliphatic hydroxyl groups is 2. The molecule has 0 radical (unpaired) electrons. The highest BCUT2D eigenvalue weighted by molar-refractivity contribution is 5.24. The van der Waals surface area contributed by atoms with E-state index in [9.17, 15) is 5.11 Å². The van der Waals surface area contributed by atoms with E-state index in [1.165, 1.54) is 18.4 Å². The summed E-state index contributed by atoms with van der Waals surface area (Å²) in [5, 5.41) is 26.6. The Hall–Kier alpha value is -0.950. The summed E-state index contributed by atoms with van der Waals surface area (Å²) >= 11 is 0. The third kappa shape index (κ3) is 5.28. The molecule has 1 atom stereocenters. The van der Waals surface area contributed by atoms with Crippen molar-refractivity contribution in [1.29, 1.82) is 0 Å². The number of likely N-dealkylation sites (tertiary alicyclic amines) is 1. The lowest BCUT2D eigenvalue weighted by Gasteiger charge is -2.32. The van der Waals surface area contributed by atoms with Crippen LogP contribution >= 0.6 is 0 Å². The summed E-state index contributed by atoms with van der Waals surface area (Å²) in [7, 11) is 0. The van der Waals surface area contributed by atoms with Crippen molar-refractivity contribution in [3.63, 3.8) is 0 Å². The summed E-state index contributed by atoms with van der Waals surface area (Å²) < 4.78 is 1.89. The van der Waals surface area contributed by atoms with Gasteiger partial charge in [-0.25, -0.2) is 0 Å². The van der Waals surface area contributed by atoms with Crippen molar-refractivity contribution in [3.8, 4) is 0 Å². The van der Waals surface area contributed by atoms with E-state index in [1.54, 1.807) is 0 Å². The zero-order valence-electron chi connectivity index (χ0n) is 14.8. The van der Waals surface area contributed by atoms with E-state index < -0.39 is 0 Å². The molecule has 6 heteroatoms. The molecule has 0 aliphatic carbocycles. The van der Waals surface area contributed by atoms with Crippen LogP contribution in [0.3, 0.4) is 0 Å². The molecule has 0 saturated carbocycles. The van der Waals surface area contributed by atoms with Crippen LogP contribution in [0.25, 0.3) is 0 Å². The van der Waals surface area contributed by atoms with Gasteiger partial charge in [0.25, 0.3) is 0 Å². The van der Waals surface area contributed by atoms with E-state index >= 15 is 0 Å². The first kappa shape index (κ1) is 18.4. The maximum Gasteiger partial charge on any atom is 0.0644 e. The maximum absolute atomic E-state index is 9.45. The SMILES string of the molecule is Cc1nn(CCO)c(C)c1CNCC1CCN(CC(C)O)CC1. The molecule has 0 amide bonds. The highest BCUT2D eigenvalue weighted by Crippen LogP contribution is 2.17. The molecule has 0 bridgehead atoms. The zero-order valence-corrected chi connectivity index (χ0v) is 14.8. The van der Waals surface area contributed by atoms with E-state index in [0.717, 1.165) is 44.1 Å². The van der Waals surface area contributed by atoms with Crippen molar-refractivity contribution in [2.24, 2.45) is 5.92 Å². The summed E-state index contributed by atoms with van der Waals surface area (Å²) in [4.78, 5) is 2.36. The van der Waals surface area contributed by atoms with Gasteiger partial charge in [-0.1, -0.05) is 0 Å². The van der Waals surface area contributed by atoms with Gasteiger partial charge in [-0.2, -0.15) is 5.10 Å². The molecule has 0 spiro atoms. The van der Waals surface area contributed by atoms with Gasteiger partial charge >= 0.3 is 0 Å². The van der Waals surface area contributed by atoms with Gasteiger partial charge in [-0.15, -0.1) is 0 Å². The first-order valence-corrected chi connectivity index (χ1v) is 8.76. The normalized spacial score (nSPS) is 18.5. The molecule has 23 heavy (non-hydrogen) atoms. The molecule has 2 heterocycles. The molecule has 1 aromatic rings. The number of hydrogen-bond donors (Lipinski definition) is 3. The zero-order chi connectivity index (χ0) is 16.8. The third-order valence-corrected chi connectivity index (χ3v) is 4.81. The van der Waals surface area contributed by atoms with Gasteiger partial charge in [-0.05, 0) is 59.2 Å². The number of aromatic nitrogens is 2. The molecule has 1 aromatic heterocycles. The second-order valence-electron chi connectivity index (χ2n) is 6.82. The highest BCUT2D eigenvalue weighted by atomic mass is 16.3. The summed E-state index contributed by atoms with van der Waals surface area (Å²) in [5.74, 6) is 0.716. The van der Waals surface area contributed by atoms with E-state index in [2.05, 4.69) is 22.2 Å². The third-order valence-electron chi connectivity index (χ3n) is 4.81. The van der Waals surface area contributed by atoms with Gasteiger partial charge in [0, 0.05) is 24.3 Å². The second kappa shape index (κ2) is 8.78. The number of hydrogen-bond acceptors (Lipinski definition) is 5. The Morgan fingerprint density at radius 3 is 2.61 bits per heavy atom. The summed E-state index contributed by atoms with van der Waals surface area (Å²) in [6, 6.07) is 0. The van der Waals surface area contributed by atoms with Crippen molar-refractivity contribution >= 4 is 0 Å². The number of aryl methyl sites for hydroxylation is 1. The Morgan fingerprint density at radius 1 is 1.30 bits per heavy atom. The minimum absolute atomic E-state index is 0.125. The van der Waals surface area contributed by atoms with Crippen molar-refractivity contribution in [3.05, 3.63) is 17.0 Å². The highest BCUT2D eigenvalue weighted by Gasteiger charge is 2.20. The summed E-state index contributed by atoms with van der Waals surface area (Å²) in [6.07, 6.45) is 2.16. The fourth-order valence-corrected chi connectivity index (χ4v) is 3.45. The number of rotatable bonds is 8. The Bertz CT molecular complexity index is 479. The van der Waals surface area contributed by atoms with Crippen molar-refractivity contribution in [1.82, 2.24) is 20.0 Å². The molecule has 1 saturated heterocycles. The number of β-amino-alcohol motifs (C(OH)–C–C–N with tert-alkyl or cyclic N) is 1. The van der Waals surface area contributed by atoms with E-state index in [1.807, 2.05) is 18.5 Å². The average molecular weight is 324 g/mol. The molecule has 2 rings (SSSR count). The number of nitrogens with zero attached hydrogens (tertiary/aromatic N) is 3. The van der Waals surface area contributed by atoms with Gasteiger partial charge < -0.3 is 20.4 Å². The van der Waals surface area contributed by atoms with E-state index in [0.29, 0.717) is 12.5 Å². The van der Waals surface area contributed by atoms with E-state index in [4.69, 9.17) is 5.11 Å². The second-order valence-corrected chi connectivity index (χ2v) is 6.82. The summed E-state index contributed by atoms with van der Waals surface area (Å²) in [6.45, 7) is 11.5. The Kier molecular flexibility index (Phi) is 7.02. The molecule has 1 fully saturated rings. The maximum atomic E-state index is 9.45. The molecule has 6 nitrogen and oxygen atoms in total. The van der Waals surface area contributed by atoms with Gasteiger partial charge in [0.1, 0.15) is 0 Å². The van der Waals surface area contributed by atoms with Gasteiger partial charge in [0.05, 0.1) is 24.9 Å². The van der Waals surface area contributed by atoms with Crippen molar-refractivity contribution in [2.75, 3.05) is 32.8 Å². The minimum atomic E-state index is -0.230. The average Bonchev–Trinajstić information content (AvgIpc) is 2.76. The Labute approximate surface area is 139 Å². The fraction of sp³-hybridized carbons (Fsp3) is 0.824. The monoisotopic (exact) mass is 324 g/mol. The van der Waals surface area contributed by atoms with Gasteiger partial charge in [0.2, 0.25) is 0 Å². The van der Waals surface area contributed by atoms with Gasteiger partial charge in [0.15, 0.2) is 0 Å². The van der Waals surface area contributed by atoms with Crippen LogP contribution < -0.4 is 5.32 Å². The number of piperidine rings is 1. The molecule has 3 N–H and O–H groups in total. The van der Waals surface area contributed by atoms with Crippen LogP contribution in [0.5, 0.6) is 0 Å². The molecule has 1 aliphatic rings. The lowest BCUT2D eigenvalue weighted by atomic mass is 9.96. The quantitative estimate of drug-likeness (QED) is 0.656.